The molecule has 0 fully saturated rings. The molecule has 128 valence electrons. The van der Waals surface area contributed by atoms with Crippen LogP contribution in [0.4, 0.5) is 5.69 Å². The lowest BCUT2D eigenvalue weighted by Crippen LogP contribution is -3.11. The van der Waals surface area contributed by atoms with Gasteiger partial charge in [0, 0.05) is 17.3 Å². The third-order valence-corrected chi connectivity index (χ3v) is 3.87. The van der Waals surface area contributed by atoms with E-state index in [1.165, 1.54) is 10.5 Å². The maximum atomic E-state index is 12.3. The Kier molecular flexibility index (Phi) is 6.63. The number of benzene rings is 2. The van der Waals surface area contributed by atoms with Crippen molar-refractivity contribution in [2.24, 2.45) is 0 Å². The van der Waals surface area contributed by atoms with Crippen LogP contribution in [-0.4, -0.2) is 33.2 Å². The molecule has 0 aromatic heterocycles. The van der Waals surface area contributed by atoms with Gasteiger partial charge in [-0.1, -0.05) is 30.3 Å². The summed E-state index contributed by atoms with van der Waals surface area (Å²) in [5.41, 5.74) is 1.93. The van der Waals surface area contributed by atoms with E-state index in [2.05, 4.69) is 24.4 Å². The van der Waals surface area contributed by atoms with Crippen LogP contribution in [0.5, 0.6) is 11.5 Å². The van der Waals surface area contributed by atoms with Gasteiger partial charge in [-0.3, -0.25) is 4.79 Å². The Morgan fingerprint density at radius 3 is 2.38 bits per heavy atom. The van der Waals surface area contributed by atoms with E-state index in [1.54, 1.807) is 26.4 Å². The molecule has 0 saturated carbocycles. The molecule has 2 aromatic rings. The quantitative estimate of drug-likeness (QED) is 0.776. The molecule has 1 unspecified atom stereocenters. The minimum Gasteiger partial charge on any atom is -0.493 e. The van der Waals surface area contributed by atoms with Crippen LogP contribution < -0.4 is 19.7 Å². The molecule has 5 nitrogen and oxygen atoms in total. The Labute approximate surface area is 143 Å². The fourth-order valence-electron chi connectivity index (χ4n) is 2.54. The minimum atomic E-state index is -0.0185. The van der Waals surface area contributed by atoms with Crippen molar-refractivity contribution in [2.75, 3.05) is 32.6 Å². The normalized spacial score (nSPS) is 11.6. The summed E-state index contributed by atoms with van der Waals surface area (Å²) in [6, 6.07) is 15.6. The second-order valence-corrected chi connectivity index (χ2v) is 5.56. The van der Waals surface area contributed by atoms with E-state index in [9.17, 15) is 4.79 Å². The Hall–Kier alpha value is -2.53. The van der Waals surface area contributed by atoms with E-state index in [0.717, 1.165) is 13.1 Å². The highest BCUT2D eigenvalue weighted by atomic mass is 16.5. The Morgan fingerprint density at radius 2 is 1.75 bits per heavy atom. The van der Waals surface area contributed by atoms with E-state index in [-0.39, 0.29) is 5.91 Å². The number of carbonyl (C=O) groups is 1. The summed E-state index contributed by atoms with van der Waals surface area (Å²) in [5, 5.41) is 2.92. The first-order chi connectivity index (χ1) is 11.7. The zero-order chi connectivity index (χ0) is 17.4. The molecule has 0 bridgehead atoms. The summed E-state index contributed by atoms with van der Waals surface area (Å²) in [6.07, 6.45) is 0. The molecule has 0 aliphatic carbocycles. The maximum absolute atomic E-state index is 12.3. The lowest BCUT2D eigenvalue weighted by molar-refractivity contribution is -0.903. The molecule has 0 spiro atoms. The van der Waals surface area contributed by atoms with Gasteiger partial charge in [-0.15, -0.1) is 0 Å². The van der Waals surface area contributed by atoms with Gasteiger partial charge in [0.05, 0.1) is 20.8 Å². The Bertz CT molecular complexity index is 659. The van der Waals surface area contributed by atoms with E-state index in [4.69, 9.17) is 9.47 Å². The van der Waals surface area contributed by atoms with Crippen molar-refractivity contribution in [3.8, 4) is 11.5 Å². The largest absolute Gasteiger partial charge is 0.493 e. The SMILES string of the molecule is CC[NH+](CC(=O)Nc1ccc(OC)c(OC)c1)Cc1ccccc1. The van der Waals surface area contributed by atoms with Gasteiger partial charge in [0.15, 0.2) is 18.0 Å². The van der Waals surface area contributed by atoms with Gasteiger partial charge in [-0.25, -0.2) is 0 Å². The van der Waals surface area contributed by atoms with Crippen molar-refractivity contribution in [3.63, 3.8) is 0 Å². The first-order valence-electron chi connectivity index (χ1n) is 8.05. The van der Waals surface area contributed by atoms with Crippen molar-refractivity contribution in [3.05, 3.63) is 54.1 Å². The average molecular weight is 329 g/mol. The van der Waals surface area contributed by atoms with Crippen molar-refractivity contribution >= 4 is 11.6 Å². The zero-order valence-electron chi connectivity index (χ0n) is 14.5. The Morgan fingerprint density at radius 1 is 1.04 bits per heavy atom. The van der Waals surface area contributed by atoms with Gasteiger partial charge in [-0.2, -0.15) is 0 Å². The second kappa shape index (κ2) is 8.93. The van der Waals surface area contributed by atoms with Crippen LogP contribution in [0.3, 0.4) is 0 Å². The predicted molar refractivity (Wildman–Crippen MR) is 94.7 cm³/mol. The zero-order valence-corrected chi connectivity index (χ0v) is 14.5. The van der Waals surface area contributed by atoms with Crippen LogP contribution in [0.25, 0.3) is 0 Å². The van der Waals surface area contributed by atoms with E-state index >= 15 is 0 Å². The van der Waals surface area contributed by atoms with Crippen molar-refractivity contribution < 1.29 is 19.2 Å². The molecule has 0 aliphatic rings. The summed E-state index contributed by atoms with van der Waals surface area (Å²) < 4.78 is 10.5. The second-order valence-electron chi connectivity index (χ2n) is 5.56. The van der Waals surface area contributed by atoms with Gasteiger partial charge in [0.1, 0.15) is 6.54 Å². The van der Waals surface area contributed by atoms with Crippen LogP contribution in [0.2, 0.25) is 0 Å². The number of hydrogen-bond donors (Lipinski definition) is 2. The van der Waals surface area contributed by atoms with E-state index < -0.39 is 0 Å². The third-order valence-electron chi connectivity index (χ3n) is 3.87. The fourth-order valence-corrected chi connectivity index (χ4v) is 2.54. The lowest BCUT2D eigenvalue weighted by atomic mass is 10.2. The number of amides is 1. The van der Waals surface area contributed by atoms with Crippen LogP contribution >= 0.6 is 0 Å². The highest BCUT2D eigenvalue weighted by Crippen LogP contribution is 2.29. The number of likely N-dealkylation sites (N-methyl/N-ethyl adjacent to an activating group) is 1. The molecule has 0 aliphatic heterocycles. The van der Waals surface area contributed by atoms with Gasteiger partial charge < -0.3 is 19.7 Å². The molecule has 2 N–H and O–H groups in total. The molecular formula is C19H25N2O3+. The predicted octanol–water partition coefficient (Wildman–Crippen LogP) is 1.75. The van der Waals surface area contributed by atoms with Crippen molar-refractivity contribution in [1.29, 1.82) is 0 Å². The molecule has 24 heavy (non-hydrogen) atoms. The van der Waals surface area contributed by atoms with Gasteiger partial charge in [0.25, 0.3) is 5.91 Å². The van der Waals surface area contributed by atoms with Crippen LogP contribution in [-0.2, 0) is 11.3 Å². The molecule has 0 radical (unpaired) electrons. The van der Waals surface area contributed by atoms with Gasteiger partial charge >= 0.3 is 0 Å². The summed E-state index contributed by atoms with van der Waals surface area (Å²) in [7, 11) is 3.16. The molecule has 1 amide bonds. The lowest BCUT2D eigenvalue weighted by Gasteiger charge is -2.17. The number of carbonyl (C=O) groups excluding carboxylic acids is 1. The summed E-state index contributed by atoms with van der Waals surface area (Å²) in [6.45, 7) is 4.21. The number of ether oxygens (including phenoxy) is 2. The van der Waals surface area contributed by atoms with Gasteiger partial charge in [0.2, 0.25) is 0 Å². The number of hydrogen-bond acceptors (Lipinski definition) is 3. The summed E-state index contributed by atoms with van der Waals surface area (Å²) in [5.74, 6) is 1.22. The first kappa shape index (κ1) is 17.8. The van der Waals surface area contributed by atoms with E-state index in [1.807, 2.05) is 24.3 Å². The molecule has 5 heteroatoms. The monoisotopic (exact) mass is 329 g/mol. The van der Waals surface area contributed by atoms with Crippen LogP contribution in [0.1, 0.15) is 12.5 Å². The van der Waals surface area contributed by atoms with Crippen LogP contribution in [0, 0.1) is 0 Å². The van der Waals surface area contributed by atoms with E-state index in [0.29, 0.717) is 23.7 Å². The standard InChI is InChI=1S/C19H24N2O3/c1-4-21(13-15-8-6-5-7-9-15)14-19(22)20-16-10-11-17(23-2)18(12-16)24-3/h5-12H,4,13-14H2,1-3H3,(H,20,22)/p+1. The molecule has 2 rings (SSSR count). The van der Waals surface area contributed by atoms with Crippen LogP contribution in [0.15, 0.2) is 48.5 Å². The summed E-state index contributed by atoms with van der Waals surface area (Å²) in [4.78, 5) is 13.5. The topological polar surface area (TPSA) is 52.0 Å². The highest BCUT2D eigenvalue weighted by molar-refractivity contribution is 5.91. The van der Waals surface area contributed by atoms with Crippen molar-refractivity contribution in [2.45, 2.75) is 13.5 Å². The molecule has 1 atom stereocenters. The molecule has 0 heterocycles. The number of methoxy groups -OCH3 is 2. The highest BCUT2D eigenvalue weighted by Gasteiger charge is 2.14. The fraction of sp³-hybridized carbons (Fsp3) is 0.316. The molecular weight excluding hydrogens is 304 g/mol. The van der Waals surface area contributed by atoms with Crippen molar-refractivity contribution in [1.82, 2.24) is 0 Å². The number of anilines is 1. The van der Waals surface area contributed by atoms with Gasteiger partial charge in [-0.05, 0) is 19.1 Å². The smallest absolute Gasteiger partial charge is 0.279 e. The first-order valence-corrected chi connectivity index (χ1v) is 8.05. The Balaban J connectivity index is 1.96. The average Bonchev–Trinajstić information content (AvgIpc) is 2.61. The number of quaternary nitrogens is 1. The summed E-state index contributed by atoms with van der Waals surface area (Å²) >= 11 is 0. The third kappa shape index (κ3) is 4.99. The maximum Gasteiger partial charge on any atom is 0.279 e. The molecule has 0 saturated heterocycles. The number of rotatable bonds is 8. The number of nitrogens with one attached hydrogen (secondary N) is 2. The minimum absolute atomic E-state index is 0.0185. The molecule has 2 aromatic carbocycles.